The van der Waals surface area contributed by atoms with E-state index in [9.17, 15) is 4.79 Å². The Morgan fingerprint density at radius 1 is 1.33 bits per heavy atom. The van der Waals surface area contributed by atoms with Crippen LogP contribution in [0.25, 0.3) is 0 Å². The molecule has 0 spiro atoms. The van der Waals surface area contributed by atoms with E-state index in [0.717, 1.165) is 19.4 Å². The van der Waals surface area contributed by atoms with Gasteiger partial charge in [-0.25, -0.2) is 0 Å². The van der Waals surface area contributed by atoms with E-state index in [2.05, 4.69) is 26.1 Å². The lowest BCUT2D eigenvalue weighted by Gasteiger charge is -2.22. The third kappa shape index (κ3) is 5.16. The largest absolute Gasteiger partial charge is 0.356 e. The summed E-state index contributed by atoms with van der Waals surface area (Å²) in [4.78, 5) is 11.1. The van der Waals surface area contributed by atoms with Crippen LogP contribution in [0.15, 0.2) is 0 Å². The van der Waals surface area contributed by atoms with Crippen molar-refractivity contribution in [1.82, 2.24) is 5.32 Å². The number of hydrogen-bond acceptors (Lipinski definition) is 1. The van der Waals surface area contributed by atoms with E-state index in [0.29, 0.717) is 6.42 Å². The Kier molecular flexibility index (Phi) is 4.95. The van der Waals surface area contributed by atoms with Crippen molar-refractivity contribution < 1.29 is 4.79 Å². The summed E-state index contributed by atoms with van der Waals surface area (Å²) in [6, 6.07) is 0. The molecule has 2 heteroatoms. The standard InChI is InChI=1S/C10H21NO/c1-5-7-9(12)11-8-10(3,4)6-2/h5-8H2,1-4H3,(H,11,12). The van der Waals surface area contributed by atoms with Crippen LogP contribution in [0.4, 0.5) is 0 Å². The molecule has 1 amide bonds. The molecule has 0 aromatic heterocycles. The van der Waals surface area contributed by atoms with Crippen molar-refractivity contribution in [2.75, 3.05) is 6.54 Å². The molecule has 0 saturated heterocycles. The first-order valence-corrected chi connectivity index (χ1v) is 4.78. The molecule has 1 N–H and O–H groups in total. The molecule has 72 valence electrons. The number of nitrogens with one attached hydrogen (secondary N) is 1. The molecule has 0 aliphatic carbocycles. The third-order valence-electron chi connectivity index (χ3n) is 2.20. The van der Waals surface area contributed by atoms with Crippen LogP contribution < -0.4 is 5.32 Å². The quantitative estimate of drug-likeness (QED) is 0.676. The highest BCUT2D eigenvalue weighted by Crippen LogP contribution is 2.17. The predicted molar refractivity (Wildman–Crippen MR) is 52.0 cm³/mol. The smallest absolute Gasteiger partial charge is 0.220 e. The summed E-state index contributed by atoms with van der Waals surface area (Å²) >= 11 is 0. The molecule has 0 heterocycles. The Hall–Kier alpha value is -0.530. The van der Waals surface area contributed by atoms with Crippen LogP contribution in [0.3, 0.4) is 0 Å². The van der Waals surface area contributed by atoms with Gasteiger partial charge < -0.3 is 5.32 Å². The van der Waals surface area contributed by atoms with E-state index >= 15 is 0 Å². The molecule has 0 atom stereocenters. The zero-order valence-corrected chi connectivity index (χ0v) is 8.74. The minimum absolute atomic E-state index is 0.180. The van der Waals surface area contributed by atoms with E-state index in [1.807, 2.05) is 6.92 Å². The molecule has 0 unspecified atom stereocenters. The SMILES string of the molecule is CCCC(=O)NCC(C)(C)CC. The summed E-state index contributed by atoms with van der Waals surface area (Å²) in [5.74, 6) is 0.180. The Morgan fingerprint density at radius 2 is 1.92 bits per heavy atom. The first kappa shape index (κ1) is 11.5. The van der Waals surface area contributed by atoms with Crippen LogP contribution in [0.5, 0.6) is 0 Å². The summed E-state index contributed by atoms with van der Waals surface area (Å²) in [7, 11) is 0. The molecule has 0 aliphatic heterocycles. The van der Waals surface area contributed by atoms with Gasteiger partial charge in [0.2, 0.25) is 5.91 Å². The molecule has 0 fully saturated rings. The molecule has 0 saturated carbocycles. The van der Waals surface area contributed by atoms with E-state index in [-0.39, 0.29) is 11.3 Å². The Bertz CT molecular complexity index is 141. The van der Waals surface area contributed by atoms with Crippen LogP contribution in [-0.2, 0) is 4.79 Å². The summed E-state index contributed by atoms with van der Waals surface area (Å²) in [5, 5.41) is 2.94. The zero-order valence-electron chi connectivity index (χ0n) is 8.74. The minimum Gasteiger partial charge on any atom is -0.356 e. The van der Waals surface area contributed by atoms with Crippen molar-refractivity contribution >= 4 is 5.91 Å². The monoisotopic (exact) mass is 171 g/mol. The Balaban J connectivity index is 3.60. The summed E-state index contributed by atoms with van der Waals surface area (Å²) < 4.78 is 0. The Morgan fingerprint density at radius 3 is 2.33 bits per heavy atom. The van der Waals surface area contributed by atoms with Crippen LogP contribution in [0.2, 0.25) is 0 Å². The normalized spacial score (nSPS) is 11.3. The van der Waals surface area contributed by atoms with Gasteiger partial charge in [0.15, 0.2) is 0 Å². The maximum Gasteiger partial charge on any atom is 0.220 e. The van der Waals surface area contributed by atoms with Gasteiger partial charge in [-0.3, -0.25) is 4.79 Å². The fraction of sp³-hybridized carbons (Fsp3) is 0.900. The number of rotatable bonds is 5. The van der Waals surface area contributed by atoms with Gasteiger partial charge in [0.1, 0.15) is 0 Å². The minimum atomic E-state index is 0.180. The van der Waals surface area contributed by atoms with Gasteiger partial charge in [0.25, 0.3) is 0 Å². The van der Waals surface area contributed by atoms with Gasteiger partial charge in [-0.2, -0.15) is 0 Å². The second kappa shape index (κ2) is 5.18. The molecule has 0 bridgehead atoms. The van der Waals surface area contributed by atoms with Crippen molar-refractivity contribution in [1.29, 1.82) is 0 Å². The van der Waals surface area contributed by atoms with Gasteiger partial charge in [-0.1, -0.05) is 27.7 Å². The van der Waals surface area contributed by atoms with Gasteiger partial charge in [0.05, 0.1) is 0 Å². The van der Waals surface area contributed by atoms with Crippen LogP contribution in [0.1, 0.15) is 47.0 Å². The average molecular weight is 171 g/mol. The molecule has 0 rings (SSSR count). The van der Waals surface area contributed by atoms with E-state index in [4.69, 9.17) is 0 Å². The maximum atomic E-state index is 11.1. The van der Waals surface area contributed by atoms with Crippen LogP contribution >= 0.6 is 0 Å². The highest BCUT2D eigenvalue weighted by Gasteiger charge is 2.15. The molecule has 2 nitrogen and oxygen atoms in total. The lowest BCUT2D eigenvalue weighted by Crippen LogP contribution is -2.33. The number of carbonyl (C=O) groups is 1. The average Bonchev–Trinajstić information content (AvgIpc) is 2.02. The van der Waals surface area contributed by atoms with Crippen molar-refractivity contribution in [3.63, 3.8) is 0 Å². The lowest BCUT2D eigenvalue weighted by molar-refractivity contribution is -0.121. The second-order valence-electron chi connectivity index (χ2n) is 4.04. The predicted octanol–water partition coefficient (Wildman–Crippen LogP) is 2.34. The molecule has 12 heavy (non-hydrogen) atoms. The molecule has 0 aliphatic rings. The third-order valence-corrected chi connectivity index (χ3v) is 2.20. The lowest BCUT2D eigenvalue weighted by atomic mass is 9.90. The van der Waals surface area contributed by atoms with Crippen molar-refractivity contribution in [2.45, 2.75) is 47.0 Å². The zero-order chi connectivity index (χ0) is 9.61. The number of carbonyl (C=O) groups excluding carboxylic acids is 1. The summed E-state index contributed by atoms with van der Waals surface area (Å²) in [5.41, 5.74) is 0.239. The van der Waals surface area contributed by atoms with Gasteiger partial charge in [-0.15, -0.1) is 0 Å². The van der Waals surface area contributed by atoms with Gasteiger partial charge in [-0.05, 0) is 18.3 Å². The van der Waals surface area contributed by atoms with Crippen LogP contribution in [0, 0.1) is 5.41 Å². The second-order valence-corrected chi connectivity index (χ2v) is 4.04. The van der Waals surface area contributed by atoms with E-state index < -0.39 is 0 Å². The number of hydrogen-bond donors (Lipinski definition) is 1. The molecule has 0 radical (unpaired) electrons. The first-order chi connectivity index (χ1) is 5.52. The summed E-state index contributed by atoms with van der Waals surface area (Å²) in [6.45, 7) is 9.29. The topological polar surface area (TPSA) is 29.1 Å². The van der Waals surface area contributed by atoms with Crippen molar-refractivity contribution in [3.05, 3.63) is 0 Å². The summed E-state index contributed by atoms with van der Waals surface area (Å²) in [6.07, 6.45) is 2.68. The van der Waals surface area contributed by atoms with Gasteiger partial charge >= 0.3 is 0 Å². The first-order valence-electron chi connectivity index (χ1n) is 4.78. The molecule has 0 aromatic carbocycles. The van der Waals surface area contributed by atoms with E-state index in [1.165, 1.54) is 0 Å². The van der Waals surface area contributed by atoms with Crippen molar-refractivity contribution in [3.8, 4) is 0 Å². The highest BCUT2D eigenvalue weighted by molar-refractivity contribution is 5.75. The van der Waals surface area contributed by atoms with Gasteiger partial charge in [0, 0.05) is 13.0 Å². The van der Waals surface area contributed by atoms with Crippen molar-refractivity contribution in [2.24, 2.45) is 5.41 Å². The molecule has 0 aromatic rings. The fourth-order valence-electron chi connectivity index (χ4n) is 0.778. The molecular formula is C10H21NO. The Labute approximate surface area is 75.7 Å². The molecular weight excluding hydrogens is 150 g/mol. The van der Waals surface area contributed by atoms with E-state index in [1.54, 1.807) is 0 Å². The van der Waals surface area contributed by atoms with Crippen LogP contribution in [-0.4, -0.2) is 12.5 Å². The fourth-order valence-corrected chi connectivity index (χ4v) is 0.778. The maximum absolute atomic E-state index is 11.1. The highest BCUT2D eigenvalue weighted by atomic mass is 16.1. The number of amides is 1.